The van der Waals surface area contributed by atoms with Crippen molar-refractivity contribution in [2.45, 2.75) is 451 Å². The lowest BCUT2D eigenvalue weighted by Gasteiger charge is -2.18. The van der Waals surface area contributed by atoms with Crippen LogP contribution in [0.3, 0.4) is 0 Å². The molecule has 1 atom stereocenters. The second-order valence-corrected chi connectivity index (χ2v) is 25.9. The molecule has 0 aliphatic heterocycles. The summed E-state index contributed by atoms with van der Waals surface area (Å²) in [6.45, 7) is 6.75. The molecule has 0 saturated carbocycles. The first-order valence-electron chi connectivity index (χ1n) is 37.5. The maximum absolute atomic E-state index is 13.0. The Morgan fingerprint density at radius 1 is 0.198 bits per heavy atom. The van der Waals surface area contributed by atoms with Crippen molar-refractivity contribution in [3.05, 3.63) is 0 Å². The molecule has 0 fully saturated rings. The van der Waals surface area contributed by atoms with Crippen LogP contribution in [0.4, 0.5) is 0 Å². The molecule has 0 rings (SSSR count). The van der Waals surface area contributed by atoms with E-state index >= 15 is 0 Å². The fraction of sp³-hybridized carbons (Fsp3) is 0.960. The van der Waals surface area contributed by atoms with Crippen LogP contribution in [-0.4, -0.2) is 37.2 Å². The molecule has 0 N–H and O–H groups in total. The molecule has 0 spiro atoms. The molecule has 81 heavy (non-hydrogen) atoms. The lowest BCUT2D eigenvalue weighted by molar-refractivity contribution is -0.167. The summed E-state index contributed by atoms with van der Waals surface area (Å²) < 4.78 is 17.0. The Morgan fingerprint density at radius 2 is 0.333 bits per heavy atom. The van der Waals surface area contributed by atoms with Gasteiger partial charge in [-0.2, -0.15) is 0 Å². The Kier molecular flexibility index (Phi) is 69.5. The van der Waals surface area contributed by atoms with Crippen molar-refractivity contribution in [3.8, 4) is 0 Å². The minimum absolute atomic E-state index is 0.0601. The summed E-state index contributed by atoms with van der Waals surface area (Å²) in [7, 11) is 0. The molecule has 0 radical (unpaired) electrons. The van der Waals surface area contributed by atoms with E-state index in [0.717, 1.165) is 57.8 Å². The van der Waals surface area contributed by atoms with E-state index in [2.05, 4.69) is 20.8 Å². The molecule has 0 aliphatic carbocycles. The standard InChI is InChI=1S/C75H146O6/c1-4-7-10-13-16-19-22-25-27-29-31-33-35-37-38-39-41-42-44-46-48-50-53-56-59-62-65-68-74(77)80-71-72(70-79-73(76)67-64-61-58-55-52-24-21-18-15-12-9-6-3)81-75(78)69-66-63-60-57-54-51-49-47-45-43-40-36-34-32-30-28-26-23-20-17-14-11-8-5-2/h72H,4-71H2,1-3H3. The van der Waals surface area contributed by atoms with Gasteiger partial charge in [0.05, 0.1) is 0 Å². The quantitative estimate of drug-likeness (QED) is 0.0343. The summed E-state index contributed by atoms with van der Waals surface area (Å²) in [6.07, 6.45) is 84.4. The van der Waals surface area contributed by atoms with Crippen molar-refractivity contribution in [3.63, 3.8) is 0 Å². The van der Waals surface area contributed by atoms with Crippen LogP contribution in [0, 0.1) is 0 Å². The monoisotopic (exact) mass is 1140 g/mol. The number of hydrogen-bond acceptors (Lipinski definition) is 6. The molecule has 0 aliphatic rings. The number of ether oxygens (including phenoxy) is 3. The highest BCUT2D eigenvalue weighted by atomic mass is 16.6. The number of rotatable bonds is 71. The second-order valence-electron chi connectivity index (χ2n) is 25.9. The maximum Gasteiger partial charge on any atom is 0.306 e. The van der Waals surface area contributed by atoms with Crippen LogP contribution in [-0.2, 0) is 28.6 Å². The highest BCUT2D eigenvalue weighted by Crippen LogP contribution is 2.20. The minimum Gasteiger partial charge on any atom is -0.462 e. The fourth-order valence-electron chi connectivity index (χ4n) is 12.0. The lowest BCUT2D eigenvalue weighted by Crippen LogP contribution is -2.30. The van der Waals surface area contributed by atoms with Crippen LogP contribution in [0.1, 0.15) is 445 Å². The molecule has 0 aromatic carbocycles. The minimum atomic E-state index is -0.763. The summed E-state index contributed by atoms with van der Waals surface area (Å²) in [5.74, 6) is -0.818. The van der Waals surface area contributed by atoms with E-state index in [1.807, 2.05) is 0 Å². The van der Waals surface area contributed by atoms with Gasteiger partial charge in [0.2, 0.25) is 0 Å². The molecule has 0 aromatic rings. The first-order valence-corrected chi connectivity index (χ1v) is 37.5. The van der Waals surface area contributed by atoms with Crippen molar-refractivity contribution in [2.75, 3.05) is 13.2 Å². The van der Waals surface area contributed by atoms with E-state index in [4.69, 9.17) is 14.2 Å². The zero-order valence-electron chi connectivity index (χ0n) is 55.6. The van der Waals surface area contributed by atoms with Gasteiger partial charge >= 0.3 is 17.9 Å². The molecule has 0 saturated heterocycles. The van der Waals surface area contributed by atoms with Crippen LogP contribution in [0.5, 0.6) is 0 Å². The van der Waals surface area contributed by atoms with Crippen LogP contribution < -0.4 is 0 Å². The van der Waals surface area contributed by atoms with E-state index in [-0.39, 0.29) is 31.1 Å². The predicted octanol–water partition coefficient (Wildman–Crippen LogP) is 25.8. The van der Waals surface area contributed by atoms with E-state index in [1.54, 1.807) is 0 Å². The molecule has 0 amide bonds. The molecule has 6 nitrogen and oxygen atoms in total. The summed E-state index contributed by atoms with van der Waals surface area (Å²) in [5.41, 5.74) is 0. The summed E-state index contributed by atoms with van der Waals surface area (Å²) >= 11 is 0. The zero-order chi connectivity index (χ0) is 58.5. The topological polar surface area (TPSA) is 78.9 Å². The highest BCUT2D eigenvalue weighted by Gasteiger charge is 2.20. The Balaban J connectivity index is 4.13. The van der Waals surface area contributed by atoms with Gasteiger partial charge in [-0.15, -0.1) is 0 Å². The first-order chi connectivity index (χ1) is 40.0. The van der Waals surface area contributed by atoms with Gasteiger partial charge < -0.3 is 14.2 Å². The van der Waals surface area contributed by atoms with Gasteiger partial charge in [0.1, 0.15) is 13.2 Å². The van der Waals surface area contributed by atoms with Crippen molar-refractivity contribution >= 4 is 17.9 Å². The number of unbranched alkanes of at least 4 members (excludes halogenated alkanes) is 60. The van der Waals surface area contributed by atoms with Crippen molar-refractivity contribution in [1.82, 2.24) is 0 Å². The van der Waals surface area contributed by atoms with Crippen molar-refractivity contribution in [2.24, 2.45) is 0 Å². The lowest BCUT2D eigenvalue weighted by atomic mass is 10.0. The van der Waals surface area contributed by atoms with Gasteiger partial charge in [-0.3, -0.25) is 14.4 Å². The molecular formula is C75H146O6. The third-order valence-electron chi connectivity index (χ3n) is 17.6. The number of carbonyl (C=O) groups is 3. The smallest absolute Gasteiger partial charge is 0.306 e. The molecule has 482 valence electrons. The number of hydrogen-bond donors (Lipinski definition) is 0. The molecule has 0 bridgehead atoms. The van der Waals surface area contributed by atoms with Gasteiger partial charge in [-0.05, 0) is 19.3 Å². The van der Waals surface area contributed by atoms with Gasteiger partial charge in [-0.25, -0.2) is 0 Å². The summed E-state index contributed by atoms with van der Waals surface area (Å²) in [4.78, 5) is 38.4. The molecule has 0 aromatic heterocycles. The van der Waals surface area contributed by atoms with E-state index in [0.29, 0.717) is 19.3 Å². The SMILES string of the molecule is CCCCCCCCCCCCCCCCCCCCCCCCCCCCCC(=O)OCC(COC(=O)CCCCCCCCCCCCCC)OC(=O)CCCCCCCCCCCCCCCCCCCCCCCCCC. The van der Waals surface area contributed by atoms with Crippen LogP contribution >= 0.6 is 0 Å². The van der Waals surface area contributed by atoms with Crippen LogP contribution in [0.25, 0.3) is 0 Å². The molecular weight excluding hydrogens is 997 g/mol. The second kappa shape index (κ2) is 70.9. The van der Waals surface area contributed by atoms with Crippen molar-refractivity contribution in [1.29, 1.82) is 0 Å². The zero-order valence-corrected chi connectivity index (χ0v) is 55.6. The Labute approximate surface area is 508 Å². The normalized spacial score (nSPS) is 11.9. The molecule has 1 unspecified atom stereocenters. The average Bonchev–Trinajstić information content (AvgIpc) is 3.47. The van der Waals surface area contributed by atoms with E-state index in [9.17, 15) is 14.4 Å². The van der Waals surface area contributed by atoms with Gasteiger partial charge in [0.25, 0.3) is 0 Å². The summed E-state index contributed by atoms with van der Waals surface area (Å²) in [6, 6.07) is 0. The average molecular weight is 1140 g/mol. The third kappa shape index (κ3) is 69.1. The molecule has 0 heterocycles. The Morgan fingerprint density at radius 3 is 0.494 bits per heavy atom. The Bertz CT molecular complexity index is 1220. The third-order valence-corrected chi connectivity index (χ3v) is 17.6. The predicted molar refractivity (Wildman–Crippen MR) is 354 cm³/mol. The number of esters is 3. The van der Waals surface area contributed by atoms with Gasteiger partial charge in [0, 0.05) is 19.3 Å². The van der Waals surface area contributed by atoms with Crippen molar-refractivity contribution < 1.29 is 28.6 Å². The highest BCUT2D eigenvalue weighted by molar-refractivity contribution is 5.71. The summed E-state index contributed by atoms with van der Waals surface area (Å²) in [5, 5.41) is 0. The number of carbonyl (C=O) groups excluding carboxylic acids is 3. The van der Waals surface area contributed by atoms with Crippen LogP contribution in [0.2, 0.25) is 0 Å². The van der Waals surface area contributed by atoms with Gasteiger partial charge in [0.15, 0.2) is 6.10 Å². The van der Waals surface area contributed by atoms with Gasteiger partial charge in [-0.1, -0.05) is 406 Å². The van der Waals surface area contributed by atoms with E-state index in [1.165, 1.54) is 347 Å². The largest absolute Gasteiger partial charge is 0.462 e. The van der Waals surface area contributed by atoms with E-state index < -0.39 is 6.10 Å². The van der Waals surface area contributed by atoms with Crippen LogP contribution in [0.15, 0.2) is 0 Å². The fourth-order valence-corrected chi connectivity index (χ4v) is 12.0. The Hall–Kier alpha value is -1.59. The maximum atomic E-state index is 13.0. The molecule has 6 heteroatoms. The first kappa shape index (κ1) is 79.4.